The lowest BCUT2D eigenvalue weighted by molar-refractivity contribution is 0.0662. The van der Waals surface area contributed by atoms with Gasteiger partial charge in [-0.3, -0.25) is 9.89 Å². The molecule has 1 saturated carbocycles. The molecule has 6 nitrogen and oxygen atoms in total. The highest BCUT2D eigenvalue weighted by molar-refractivity contribution is 6.31. The first-order valence-corrected chi connectivity index (χ1v) is 14.4. The third-order valence-corrected chi connectivity index (χ3v) is 9.28. The van der Waals surface area contributed by atoms with Crippen LogP contribution in [0, 0.1) is 5.92 Å². The normalized spacial score (nSPS) is 23.6. The third kappa shape index (κ3) is 4.81. The van der Waals surface area contributed by atoms with Crippen molar-refractivity contribution in [3.05, 3.63) is 82.9 Å². The van der Waals surface area contributed by atoms with E-state index in [0.29, 0.717) is 28.6 Å². The van der Waals surface area contributed by atoms with Crippen molar-refractivity contribution in [3.63, 3.8) is 0 Å². The van der Waals surface area contributed by atoms with Gasteiger partial charge in [-0.1, -0.05) is 29.8 Å². The lowest BCUT2D eigenvalue weighted by Gasteiger charge is -2.36. The number of amides is 1. The van der Waals surface area contributed by atoms with Crippen LogP contribution in [0.1, 0.15) is 60.5 Å². The van der Waals surface area contributed by atoms with Gasteiger partial charge in [0, 0.05) is 33.6 Å². The molecule has 1 aromatic heterocycles. The zero-order valence-corrected chi connectivity index (χ0v) is 22.8. The van der Waals surface area contributed by atoms with Crippen molar-refractivity contribution in [1.82, 2.24) is 20.4 Å². The van der Waals surface area contributed by atoms with E-state index in [1.54, 1.807) is 0 Å². The molecule has 0 radical (unpaired) electrons. The van der Waals surface area contributed by atoms with Gasteiger partial charge in [0.1, 0.15) is 11.9 Å². The molecule has 2 saturated heterocycles. The first-order chi connectivity index (χ1) is 19.0. The Morgan fingerprint density at radius 1 is 1.03 bits per heavy atom. The number of H-pyrrole nitrogens is 1. The number of ether oxygens (including phenoxy) is 1. The van der Waals surface area contributed by atoms with Crippen LogP contribution in [0.15, 0.2) is 66.7 Å². The molecule has 7 heteroatoms. The summed E-state index contributed by atoms with van der Waals surface area (Å²) in [7, 11) is 2.25. The number of piperidine rings is 1. The lowest BCUT2D eigenvalue weighted by Crippen LogP contribution is -2.43. The van der Waals surface area contributed by atoms with Crippen molar-refractivity contribution in [1.29, 1.82) is 0 Å². The standard InChI is InChI=1S/C32H33ClN4O2/c1-37-22-11-12-23(37)18-25(17-22)39-24-13-8-20(9-14-24)31-27-16-21(10-15-29(27)35-36-31)32(38)34-30(19-6-7-19)26-4-2-3-5-28(26)33/h2-5,8-10,13-16,19,22-23,25,30H,6-7,11-12,17-18H2,1H3,(H,34,38)(H,35,36)/t22?,23?,25?,30-/m0/s1. The Balaban J connectivity index is 1.09. The molecule has 200 valence electrons. The summed E-state index contributed by atoms with van der Waals surface area (Å²) < 4.78 is 6.38. The van der Waals surface area contributed by atoms with Gasteiger partial charge in [0.05, 0.1) is 17.3 Å². The second-order valence-corrected chi connectivity index (χ2v) is 11.8. The van der Waals surface area contributed by atoms with Crippen LogP contribution in [0.4, 0.5) is 0 Å². The maximum Gasteiger partial charge on any atom is 0.251 e. The summed E-state index contributed by atoms with van der Waals surface area (Å²) in [6.45, 7) is 0. The fourth-order valence-corrected chi connectivity index (χ4v) is 6.80. The van der Waals surface area contributed by atoms with Gasteiger partial charge in [0.25, 0.3) is 5.91 Å². The number of carbonyl (C=O) groups is 1. The molecule has 3 aromatic carbocycles. The highest BCUT2D eigenvalue weighted by Gasteiger charge is 2.39. The van der Waals surface area contributed by atoms with E-state index in [4.69, 9.17) is 16.3 Å². The Labute approximate surface area is 233 Å². The molecule has 1 amide bonds. The Kier molecular flexibility index (Phi) is 6.32. The Hall–Kier alpha value is -3.35. The molecule has 3 atom stereocenters. The highest BCUT2D eigenvalue weighted by atomic mass is 35.5. The first kappa shape index (κ1) is 24.7. The van der Waals surface area contributed by atoms with Crippen molar-refractivity contribution in [2.24, 2.45) is 5.92 Å². The number of nitrogens with zero attached hydrogens (tertiary/aromatic N) is 2. The Bertz CT molecular complexity index is 1500. The van der Waals surface area contributed by atoms with Gasteiger partial charge in [-0.05, 0) is 106 Å². The summed E-state index contributed by atoms with van der Waals surface area (Å²) in [5.74, 6) is 1.22. The molecule has 39 heavy (non-hydrogen) atoms. The Morgan fingerprint density at radius 3 is 2.49 bits per heavy atom. The van der Waals surface area contributed by atoms with Crippen LogP contribution in [0.25, 0.3) is 22.2 Å². The zero-order chi connectivity index (χ0) is 26.5. The summed E-state index contributed by atoms with van der Waals surface area (Å²) in [6, 6.07) is 22.9. The van der Waals surface area contributed by atoms with Crippen LogP contribution in [-0.4, -0.2) is 46.2 Å². The van der Waals surface area contributed by atoms with Crippen molar-refractivity contribution in [2.75, 3.05) is 7.05 Å². The number of aromatic nitrogens is 2. The molecule has 2 aliphatic heterocycles. The topological polar surface area (TPSA) is 70.2 Å². The summed E-state index contributed by atoms with van der Waals surface area (Å²) in [5.41, 5.74) is 4.30. The zero-order valence-electron chi connectivity index (χ0n) is 22.1. The fourth-order valence-electron chi connectivity index (χ4n) is 6.55. The highest BCUT2D eigenvalue weighted by Crippen LogP contribution is 2.43. The molecular formula is C32H33ClN4O2. The van der Waals surface area contributed by atoms with Crippen LogP contribution in [0.2, 0.25) is 5.02 Å². The van der Waals surface area contributed by atoms with Gasteiger partial charge in [0.15, 0.2) is 0 Å². The minimum absolute atomic E-state index is 0.0852. The summed E-state index contributed by atoms with van der Waals surface area (Å²) in [5, 5.41) is 12.6. The maximum absolute atomic E-state index is 13.4. The van der Waals surface area contributed by atoms with Gasteiger partial charge in [0.2, 0.25) is 0 Å². The van der Waals surface area contributed by atoms with Crippen LogP contribution < -0.4 is 10.1 Å². The number of benzene rings is 3. The number of hydrogen-bond donors (Lipinski definition) is 2. The van der Waals surface area contributed by atoms with Gasteiger partial charge >= 0.3 is 0 Å². The lowest BCUT2D eigenvalue weighted by atomic mass is 10.0. The quantitative estimate of drug-likeness (QED) is 0.271. The van der Waals surface area contributed by atoms with E-state index in [1.807, 2.05) is 54.6 Å². The molecule has 3 aliphatic rings. The van der Waals surface area contributed by atoms with Crippen LogP contribution in [0.5, 0.6) is 5.75 Å². The van der Waals surface area contributed by atoms with Crippen molar-refractivity contribution in [3.8, 4) is 17.0 Å². The van der Waals surface area contributed by atoms with E-state index in [2.05, 4.69) is 39.6 Å². The van der Waals surface area contributed by atoms with Gasteiger partial charge < -0.3 is 15.0 Å². The van der Waals surface area contributed by atoms with E-state index >= 15 is 0 Å². The van der Waals surface area contributed by atoms with Crippen molar-refractivity contribution < 1.29 is 9.53 Å². The molecule has 2 unspecified atom stereocenters. The molecule has 2 bridgehead atoms. The smallest absolute Gasteiger partial charge is 0.251 e. The van der Waals surface area contributed by atoms with Crippen LogP contribution >= 0.6 is 11.6 Å². The van der Waals surface area contributed by atoms with Gasteiger partial charge in [-0.15, -0.1) is 0 Å². The number of nitrogens with one attached hydrogen (secondary N) is 2. The third-order valence-electron chi connectivity index (χ3n) is 8.93. The van der Waals surface area contributed by atoms with E-state index < -0.39 is 0 Å². The summed E-state index contributed by atoms with van der Waals surface area (Å²) >= 11 is 6.48. The Morgan fingerprint density at radius 2 is 1.77 bits per heavy atom. The fraction of sp³-hybridized carbons (Fsp3) is 0.375. The molecule has 4 aromatic rings. The minimum Gasteiger partial charge on any atom is -0.490 e. The van der Waals surface area contributed by atoms with E-state index in [9.17, 15) is 4.79 Å². The second-order valence-electron chi connectivity index (χ2n) is 11.4. The minimum atomic E-state index is -0.100. The van der Waals surface area contributed by atoms with Crippen molar-refractivity contribution >= 4 is 28.4 Å². The average molecular weight is 541 g/mol. The molecule has 2 N–H and O–H groups in total. The first-order valence-electron chi connectivity index (χ1n) is 14.1. The predicted octanol–water partition coefficient (Wildman–Crippen LogP) is 6.77. The summed E-state index contributed by atoms with van der Waals surface area (Å²) in [4.78, 5) is 15.9. The molecular weight excluding hydrogens is 508 g/mol. The molecule has 3 fully saturated rings. The van der Waals surface area contributed by atoms with Gasteiger partial charge in [-0.2, -0.15) is 5.10 Å². The van der Waals surface area contributed by atoms with E-state index in [1.165, 1.54) is 12.8 Å². The number of fused-ring (bicyclic) bond motifs is 3. The second kappa shape index (κ2) is 10.00. The number of carbonyl (C=O) groups excluding carboxylic acids is 1. The molecule has 1 aliphatic carbocycles. The monoisotopic (exact) mass is 540 g/mol. The SMILES string of the molecule is CN1C2CCC1CC(Oc1ccc(-c3n[nH]c4ccc(C(=O)N[C@H](c5ccccc5Cl)C5CC5)cc34)cc1)C2. The van der Waals surface area contributed by atoms with Crippen molar-refractivity contribution in [2.45, 2.75) is 62.8 Å². The molecule has 7 rings (SSSR count). The van der Waals surface area contributed by atoms with E-state index in [-0.39, 0.29) is 18.1 Å². The van der Waals surface area contributed by atoms with Crippen LogP contribution in [0.3, 0.4) is 0 Å². The largest absolute Gasteiger partial charge is 0.490 e. The predicted molar refractivity (Wildman–Crippen MR) is 154 cm³/mol. The molecule has 3 heterocycles. The number of hydrogen-bond acceptors (Lipinski definition) is 4. The molecule has 0 spiro atoms. The van der Waals surface area contributed by atoms with Crippen LogP contribution in [-0.2, 0) is 0 Å². The van der Waals surface area contributed by atoms with E-state index in [0.717, 1.165) is 59.2 Å². The van der Waals surface area contributed by atoms with Gasteiger partial charge in [-0.25, -0.2) is 0 Å². The number of halogens is 1. The summed E-state index contributed by atoms with van der Waals surface area (Å²) in [6.07, 6.45) is 7.24. The number of rotatable bonds is 7. The maximum atomic E-state index is 13.4. The average Bonchev–Trinajstić information content (AvgIpc) is 3.67. The number of aromatic amines is 1.